The van der Waals surface area contributed by atoms with E-state index in [2.05, 4.69) is 19.4 Å². The van der Waals surface area contributed by atoms with Gasteiger partial charge in [-0.1, -0.05) is 23.7 Å². The highest BCUT2D eigenvalue weighted by Gasteiger charge is 2.33. The maximum Gasteiger partial charge on any atom is 0.275 e. The van der Waals surface area contributed by atoms with E-state index in [0.717, 1.165) is 15.1 Å². The molecule has 21 heavy (non-hydrogen) atoms. The average Bonchev–Trinajstić information content (AvgIpc) is 2.93. The summed E-state index contributed by atoms with van der Waals surface area (Å²) >= 11 is 5.89. The van der Waals surface area contributed by atoms with E-state index < -0.39 is 0 Å². The lowest BCUT2D eigenvalue weighted by molar-refractivity contribution is -0.906. The van der Waals surface area contributed by atoms with Crippen molar-refractivity contribution in [2.24, 2.45) is 0 Å². The van der Waals surface area contributed by atoms with Crippen LogP contribution in [0.5, 0.6) is 0 Å². The smallest absolute Gasteiger partial charge is 0.275 e. The number of quaternary nitrogens is 1. The fraction of sp³-hybridized carbons (Fsp3) is 0.588. The molecular weight excluding hydrogens is 284 g/mol. The molecule has 1 aliphatic rings. The topological polar surface area (TPSA) is 29.1 Å². The molecule has 116 valence electrons. The van der Waals surface area contributed by atoms with Crippen LogP contribution in [0.15, 0.2) is 24.3 Å². The highest BCUT2D eigenvalue weighted by molar-refractivity contribution is 6.30. The summed E-state index contributed by atoms with van der Waals surface area (Å²) in [5.74, 6) is 0.120. The van der Waals surface area contributed by atoms with Gasteiger partial charge in [0.15, 0.2) is 6.54 Å². The molecule has 1 aliphatic carbocycles. The summed E-state index contributed by atoms with van der Waals surface area (Å²) in [6.07, 6.45) is 5.09. The lowest BCUT2D eigenvalue weighted by atomic mass is 10.1. The number of carbonyl (C=O) groups excluding carboxylic acids is 1. The predicted octanol–water partition coefficient (Wildman–Crippen LogP) is 3.54. The van der Waals surface area contributed by atoms with Gasteiger partial charge in [-0.25, -0.2) is 0 Å². The molecule has 0 saturated heterocycles. The van der Waals surface area contributed by atoms with Crippen LogP contribution < -0.4 is 5.32 Å². The molecule has 0 bridgehead atoms. The number of likely N-dealkylation sites (N-methyl/N-ethyl adjacent to an activating group) is 1. The van der Waals surface area contributed by atoms with Gasteiger partial charge in [0, 0.05) is 5.02 Å². The number of carbonyl (C=O) groups is 1. The SMILES string of the molecule is C[C@@H](NC(=O)C[N+](C)(C)C1CCCC1)c1ccc(Cl)cc1. The molecule has 0 radical (unpaired) electrons. The van der Waals surface area contributed by atoms with Crippen molar-refractivity contribution < 1.29 is 9.28 Å². The molecule has 0 unspecified atom stereocenters. The zero-order chi connectivity index (χ0) is 15.5. The summed E-state index contributed by atoms with van der Waals surface area (Å²) in [4.78, 5) is 12.3. The number of halogens is 1. The number of hydrogen-bond donors (Lipinski definition) is 1. The van der Waals surface area contributed by atoms with Crippen molar-refractivity contribution in [1.82, 2.24) is 5.32 Å². The lowest BCUT2D eigenvalue weighted by Crippen LogP contribution is -2.53. The third-order valence-electron chi connectivity index (χ3n) is 4.61. The highest BCUT2D eigenvalue weighted by Crippen LogP contribution is 2.26. The lowest BCUT2D eigenvalue weighted by Gasteiger charge is -2.35. The standard InChI is InChI=1S/C17H25ClN2O/c1-13(14-8-10-15(18)11-9-14)19-17(21)12-20(2,3)16-6-4-5-7-16/h8-11,13,16H,4-7,12H2,1-3H3/p+1/t13-/m1/s1. The second-order valence-electron chi connectivity index (χ2n) is 6.72. The Morgan fingerprint density at radius 2 is 1.86 bits per heavy atom. The van der Waals surface area contributed by atoms with Crippen LogP contribution in [-0.4, -0.2) is 37.1 Å². The molecule has 1 aromatic carbocycles. The Kier molecular flexibility index (Phi) is 5.28. The van der Waals surface area contributed by atoms with Crippen molar-refractivity contribution in [2.45, 2.75) is 44.7 Å². The molecule has 0 heterocycles. The zero-order valence-corrected chi connectivity index (χ0v) is 14.0. The Morgan fingerprint density at radius 1 is 1.29 bits per heavy atom. The van der Waals surface area contributed by atoms with Gasteiger partial charge in [-0.15, -0.1) is 0 Å². The molecule has 3 nitrogen and oxygen atoms in total. The van der Waals surface area contributed by atoms with Gasteiger partial charge in [0.25, 0.3) is 5.91 Å². The van der Waals surface area contributed by atoms with E-state index in [1.165, 1.54) is 25.7 Å². The van der Waals surface area contributed by atoms with Gasteiger partial charge in [-0.05, 0) is 50.3 Å². The molecule has 1 aromatic rings. The van der Waals surface area contributed by atoms with Crippen LogP contribution >= 0.6 is 11.6 Å². The summed E-state index contributed by atoms with van der Waals surface area (Å²) in [5.41, 5.74) is 1.08. The number of rotatable bonds is 5. The van der Waals surface area contributed by atoms with Crippen LogP contribution in [-0.2, 0) is 4.79 Å². The van der Waals surface area contributed by atoms with Crippen molar-refractivity contribution in [3.8, 4) is 0 Å². The third kappa shape index (κ3) is 4.45. The molecule has 4 heteroatoms. The van der Waals surface area contributed by atoms with Gasteiger partial charge in [-0.3, -0.25) is 4.79 Å². The van der Waals surface area contributed by atoms with Gasteiger partial charge in [0.2, 0.25) is 0 Å². The molecular formula is C17H26ClN2O+. The fourth-order valence-corrected chi connectivity index (χ4v) is 3.35. The Morgan fingerprint density at radius 3 is 2.43 bits per heavy atom. The monoisotopic (exact) mass is 309 g/mol. The van der Waals surface area contributed by atoms with E-state index in [9.17, 15) is 4.79 Å². The average molecular weight is 310 g/mol. The minimum Gasteiger partial charge on any atom is -0.345 e. The predicted molar refractivity (Wildman–Crippen MR) is 87.2 cm³/mol. The first-order chi connectivity index (χ1) is 9.88. The number of nitrogens with one attached hydrogen (secondary N) is 1. The molecule has 0 aromatic heterocycles. The molecule has 1 amide bonds. The van der Waals surface area contributed by atoms with Crippen LogP contribution in [0.3, 0.4) is 0 Å². The summed E-state index contributed by atoms with van der Waals surface area (Å²) in [6.45, 7) is 2.55. The maximum atomic E-state index is 12.3. The Labute approximate surface area is 132 Å². The molecule has 1 fully saturated rings. The molecule has 1 atom stereocenters. The second kappa shape index (κ2) is 6.80. The first-order valence-electron chi connectivity index (χ1n) is 7.76. The molecule has 1 saturated carbocycles. The summed E-state index contributed by atoms with van der Waals surface area (Å²) in [5, 5.41) is 3.82. The number of amides is 1. The van der Waals surface area contributed by atoms with E-state index in [4.69, 9.17) is 11.6 Å². The van der Waals surface area contributed by atoms with E-state index in [-0.39, 0.29) is 11.9 Å². The second-order valence-corrected chi connectivity index (χ2v) is 7.15. The molecule has 1 N–H and O–H groups in total. The van der Waals surface area contributed by atoms with Gasteiger partial charge in [0.05, 0.1) is 26.2 Å². The van der Waals surface area contributed by atoms with Gasteiger partial charge < -0.3 is 9.80 Å². The minimum absolute atomic E-state index is 0.0124. The largest absolute Gasteiger partial charge is 0.345 e. The first kappa shape index (κ1) is 16.3. The summed E-state index contributed by atoms with van der Waals surface area (Å²) < 4.78 is 0.791. The quantitative estimate of drug-likeness (QED) is 0.828. The molecule has 0 aliphatic heterocycles. The fourth-order valence-electron chi connectivity index (χ4n) is 3.22. The molecule has 0 spiro atoms. The maximum absolute atomic E-state index is 12.3. The van der Waals surface area contributed by atoms with Crippen LogP contribution in [0.2, 0.25) is 5.02 Å². The number of benzene rings is 1. The Hall–Kier alpha value is -1.06. The van der Waals surface area contributed by atoms with Crippen LogP contribution in [0, 0.1) is 0 Å². The van der Waals surface area contributed by atoms with E-state index >= 15 is 0 Å². The minimum atomic E-state index is 0.0124. The van der Waals surface area contributed by atoms with Crippen LogP contribution in [0.4, 0.5) is 0 Å². The number of nitrogens with zero attached hydrogens (tertiary/aromatic N) is 1. The van der Waals surface area contributed by atoms with Crippen molar-refractivity contribution in [2.75, 3.05) is 20.6 Å². The molecule has 2 rings (SSSR count). The zero-order valence-electron chi connectivity index (χ0n) is 13.2. The Bertz CT molecular complexity index is 478. The van der Waals surface area contributed by atoms with Crippen molar-refractivity contribution in [3.05, 3.63) is 34.9 Å². The van der Waals surface area contributed by atoms with E-state index in [0.29, 0.717) is 12.6 Å². The first-order valence-corrected chi connectivity index (χ1v) is 8.14. The van der Waals surface area contributed by atoms with Crippen molar-refractivity contribution >= 4 is 17.5 Å². The highest BCUT2D eigenvalue weighted by atomic mass is 35.5. The van der Waals surface area contributed by atoms with E-state index in [1.54, 1.807) is 0 Å². The van der Waals surface area contributed by atoms with Crippen LogP contribution in [0.25, 0.3) is 0 Å². The Balaban J connectivity index is 1.90. The summed E-state index contributed by atoms with van der Waals surface area (Å²) in [6, 6.07) is 8.28. The summed E-state index contributed by atoms with van der Waals surface area (Å²) in [7, 11) is 4.34. The van der Waals surface area contributed by atoms with Gasteiger partial charge in [0.1, 0.15) is 0 Å². The van der Waals surface area contributed by atoms with Crippen molar-refractivity contribution in [3.63, 3.8) is 0 Å². The van der Waals surface area contributed by atoms with Crippen LogP contribution in [0.1, 0.15) is 44.2 Å². The van der Waals surface area contributed by atoms with Gasteiger partial charge >= 0.3 is 0 Å². The van der Waals surface area contributed by atoms with E-state index in [1.807, 2.05) is 31.2 Å². The number of hydrogen-bond acceptors (Lipinski definition) is 1. The van der Waals surface area contributed by atoms with Crippen molar-refractivity contribution in [1.29, 1.82) is 0 Å². The van der Waals surface area contributed by atoms with Gasteiger partial charge in [-0.2, -0.15) is 0 Å². The normalized spacial score (nSPS) is 17.7. The third-order valence-corrected chi connectivity index (χ3v) is 4.86.